The topological polar surface area (TPSA) is 105 Å². The zero-order valence-electron chi connectivity index (χ0n) is 13.3. The summed E-state index contributed by atoms with van der Waals surface area (Å²) in [6, 6.07) is 12.2. The predicted molar refractivity (Wildman–Crippen MR) is 98.7 cm³/mol. The molecule has 0 aliphatic heterocycles. The van der Waals surface area contributed by atoms with Crippen LogP contribution in [0.15, 0.2) is 54.9 Å². The molecule has 26 heavy (non-hydrogen) atoms. The molecule has 1 amide bonds. The SMILES string of the molecule is Nc1c(NNC(=O)c2cccc(Cl)c2)ncnc1Nc1ccc(F)cc1. The summed E-state index contributed by atoms with van der Waals surface area (Å²) in [6.45, 7) is 0. The molecule has 0 aliphatic rings. The fraction of sp³-hybridized carbons (Fsp3) is 0. The van der Waals surface area contributed by atoms with Crippen LogP contribution in [0.3, 0.4) is 0 Å². The smallest absolute Gasteiger partial charge is 0.269 e. The number of benzene rings is 2. The molecule has 7 nitrogen and oxygen atoms in total. The molecule has 0 atom stereocenters. The highest BCUT2D eigenvalue weighted by Gasteiger charge is 2.11. The molecule has 0 saturated carbocycles. The van der Waals surface area contributed by atoms with E-state index in [0.717, 1.165) is 0 Å². The van der Waals surface area contributed by atoms with Gasteiger partial charge in [0.15, 0.2) is 11.6 Å². The Morgan fingerprint density at radius 2 is 1.81 bits per heavy atom. The summed E-state index contributed by atoms with van der Waals surface area (Å²) in [5.74, 6) is -0.234. The number of amides is 1. The quantitative estimate of drug-likeness (QED) is 0.512. The van der Waals surface area contributed by atoms with Crippen molar-refractivity contribution in [3.05, 3.63) is 71.3 Å². The maximum atomic E-state index is 13.0. The van der Waals surface area contributed by atoms with Gasteiger partial charge in [-0.05, 0) is 42.5 Å². The van der Waals surface area contributed by atoms with Gasteiger partial charge in [-0.3, -0.25) is 15.6 Å². The first-order valence-electron chi connectivity index (χ1n) is 7.48. The van der Waals surface area contributed by atoms with Crippen molar-refractivity contribution in [3.8, 4) is 0 Å². The number of aromatic nitrogens is 2. The minimum atomic E-state index is -0.404. The number of hydrogen-bond donors (Lipinski definition) is 4. The number of rotatable bonds is 5. The number of nitrogen functional groups attached to an aromatic ring is 1. The van der Waals surface area contributed by atoms with Crippen molar-refractivity contribution in [2.45, 2.75) is 0 Å². The predicted octanol–water partition coefficient (Wildman–Crippen LogP) is 3.35. The first-order chi connectivity index (χ1) is 12.5. The molecule has 0 spiro atoms. The number of halogens is 2. The van der Waals surface area contributed by atoms with Crippen molar-refractivity contribution >= 4 is 40.5 Å². The van der Waals surface area contributed by atoms with Crippen molar-refractivity contribution < 1.29 is 9.18 Å². The Kier molecular flexibility index (Phi) is 5.14. The number of carbonyl (C=O) groups is 1. The number of nitrogens with two attached hydrogens (primary N) is 1. The number of anilines is 4. The van der Waals surface area contributed by atoms with Crippen LogP contribution < -0.4 is 21.9 Å². The number of hydrazine groups is 1. The molecule has 3 aromatic rings. The molecule has 9 heteroatoms. The zero-order valence-corrected chi connectivity index (χ0v) is 14.1. The van der Waals surface area contributed by atoms with E-state index in [1.807, 2.05) is 0 Å². The summed E-state index contributed by atoms with van der Waals surface area (Å²) in [4.78, 5) is 20.2. The van der Waals surface area contributed by atoms with Crippen LogP contribution in [-0.4, -0.2) is 15.9 Å². The zero-order chi connectivity index (χ0) is 18.5. The molecule has 132 valence electrons. The standard InChI is InChI=1S/C17H14ClFN6O/c18-11-3-1-2-10(8-11)17(26)25-24-16-14(20)15(21-9-22-16)23-13-6-4-12(19)5-7-13/h1-9H,20H2,(H,25,26)(H2,21,22,23,24). The molecule has 1 heterocycles. The van der Waals surface area contributed by atoms with Crippen LogP contribution in [0.25, 0.3) is 0 Å². The van der Waals surface area contributed by atoms with Crippen LogP contribution in [0, 0.1) is 5.82 Å². The first-order valence-corrected chi connectivity index (χ1v) is 7.86. The monoisotopic (exact) mass is 372 g/mol. The third-order valence-electron chi connectivity index (χ3n) is 3.37. The van der Waals surface area contributed by atoms with Gasteiger partial charge in [-0.15, -0.1) is 0 Å². The van der Waals surface area contributed by atoms with E-state index in [2.05, 4.69) is 26.1 Å². The van der Waals surface area contributed by atoms with Crippen molar-refractivity contribution in [2.75, 3.05) is 16.5 Å². The highest BCUT2D eigenvalue weighted by Crippen LogP contribution is 2.25. The molecule has 0 fully saturated rings. The highest BCUT2D eigenvalue weighted by molar-refractivity contribution is 6.30. The highest BCUT2D eigenvalue weighted by atomic mass is 35.5. The molecule has 1 aromatic heterocycles. The summed E-state index contributed by atoms with van der Waals surface area (Å²) in [5.41, 5.74) is 12.3. The van der Waals surface area contributed by atoms with Crippen molar-refractivity contribution in [1.82, 2.24) is 15.4 Å². The van der Waals surface area contributed by atoms with Crippen molar-refractivity contribution in [2.24, 2.45) is 0 Å². The molecule has 0 unspecified atom stereocenters. The second-order valence-corrected chi connectivity index (χ2v) is 5.64. The largest absolute Gasteiger partial charge is 0.393 e. The second-order valence-electron chi connectivity index (χ2n) is 5.21. The van der Waals surface area contributed by atoms with Crippen LogP contribution in [0.4, 0.5) is 27.4 Å². The van der Waals surface area contributed by atoms with Gasteiger partial charge in [-0.25, -0.2) is 14.4 Å². The summed E-state index contributed by atoms with van der Waals surface area (Å²) in [7, 11) is 0. The summed E-state index contributed by atoms with van der Waals surface area (Å²) in [5, 5.41) is 3.40. The number of hydrogen-bond acceptors (Lipinski definition) is 6. The van der Waals surface area contributed by atoms with Crippen molar-refractivity contribution in [3.63, 3.8) is 0 Å². The molecule has 0 radical (unpaired) electrons. The molecule has 0 aliphatic carbocycles. The van der Waals surface area contributed by atoms with Gasteiger partial charge in [0, 0.05) is 16.3 Å². The van der Waals surface area contributed by atoms with E-state index in [4.69, 9.17) is 17.3 Å². The van der Waals surface area contributed by atoms with E-state index in [-0.39, 0.29) is 17.3 Å². The van der Waals surface area contributed by atoms with Crippen molar-refractivity contribution in [1.29, 1.82) is 0 Å². The number of nitrogens with one attached hydrogen (secondary N) is 3. The molecule has 0 bridgehead atoms. The van der Waals surface area contributed by atoms with Crippen LogP contribution in [0.1, 0.15) is 10.4 Å². The maximum Gasteiger partial charge on any atom is 0.269 e. The van der Waals surface area contributed by atoms with E-state index >= 15 is 0 Å². The second kappa shape index (κ2) is 7.66. The average molecular weight is 373 g/mol. The Balaban J connectivity index is 1.70. The maximum absolute atomic E-state index is 13.0. The third kappa shape index (κ3) is 4.17. The summed E-state index contributed by atoms with van der Waals surface area (Å²) in [6.07, 6.45) is 1.27. The van der Waals surface area contributed by atoms with Crippen LogP contribution in [0.5, 0.6) is 0 Å². The van der Waals surface area contributed by atoms with Gasteiger partial charge in [0.1, 0.15) is 17.8 Å². The van der Waals surface area contributed by atoms with Gasteiger partial charge < -0.3 is 11.1 Å². The van der Waals surface area contributed by atoms with E-state index in [9.17, 15) is 9.18 Å². The van der Waals surface area contributed by atoms with E-state index < -0.39 is 5.91 Å². The Labute approximate surface area is 153 Å². The Bertz CT molecular complexity index is 935. The average Bonchev–Trinajstić information content (AvgIpc) is 2.64. The van der Waals surface area contributed by atoms with Gasteiger partial charge in [0.2, 0.25) is 0 Å². The Morgan fingerprint density at radius 1 is 1.08 bits per heavy atom. The van der Waals surface area contributed by atoms with Crippen LogP contribution >= 0.6 is 11.6 Å². The molecule has 3 rings (SSSR count). The van der Waals surface area contributed by atoms with Gasteiger partial charge in [0.25, 0.3) is 5.91 Å². The van der Waals surface area contributed by atoms with E-state index in [1.54, 1.807) is 30.3 Å². The molecule has 5 N–H and O–H groups in total. The normalized spacial score (nSPS) is 10.2. The third-order valence-corrected chi connectivity index (χ3v) is 3.61. The minimum absolute atomic E-state index is 0.184. The lowest BCUT2D eigenvalue weighted by molar-refractivity contribution is 0.0962. The fourth-order valence-electron chi connectivity index (χ4n) is 2.08. The molecular formula is C17H14ClFN6O. The number of carbonyl (C=O) groups excluding carboxylic acids is 1. The van der Waals surface area contributed by atoms with Gasteiger partial charge in [-0.2, -0.15) is 0 Å². The van der Waals surface area contributed by atoms with E-state index in [1.165, 1.54) is 24.5 Å². The molecule has 0 saturated heterocycles. The fourth-order valence-corrected chi connectivity index (χ4v) is 2.27. The van der Waals surface area contributed by atoms with Gasteiger partial charge in [0.05, 0.1) is 0 Å². The van der Waals surface area contributed by atoms with E-state index in [0.29, 0.717) is 22.1 Å². The summed E-state index contributed by atoms with van der Waals surface area (Å²) >= 11 is 5.87. The lowest BCUT2D eigenvalue weighted by atomic mass is 10.2. The molecule has 2 aromatic carbocycles. The van der Waals surface area contributed by atoms with Crippen LogP contribution in [-0.2, 0) is 0 Å². The lowest BCUT2D eigenvalue weighted by Crippen LogP contribution is -2.30. The lowest BCUT2D eigenvalue weighted by Gasteiger charge is -2.13. The minimum Gasteiger partial charge on any atom is -0.393 e. The van der Waals surface area contributed by atoms with Gasteiger partial charge in [-0.1, -0.05) is 17.7 Å². The number of nitrogens with zero attached hydrogens (tertiary/aromatic N) is 2. The summed E-state index contributed by atoms with van der Waals surface area (Å²) < 4.78 is 13.0. The van der Waals surface area contributed by atoms with Crippen LogP contribution in [0.2, 0.25) is 5.02 Å². The Hall–Kier alpha value is -3.39. The Morgan fingerprint density at radius 3 is 2.54 bits per heavy atom. The molecular weight excluding hydrogens is 359 g/mol. The first kappa shape index (κ1) is 17.4. The van der Waals surface area contributed by atoms with Gasteiger partial charge >= 0.3 is 0 Å².